The second-order valence-corrected chi connectivity index (χ2v) is 8.65. The van der Waals surface area contributed by atoms with Gasteiger partial charge in [-0.05, 0) is 38.8 Å². The summed E-state index contributed by atoms with van der Waals surface area (Å²) in [7, 11) is 0. The molecule has 0 amide bonds. The number of carboxylic acid groups (broad SMARTS) is 1. The van der Waals surface area contributed by atoms with E-state index in [-0.39, 0.29) is 0 Å². The first kappa shape index (κ1) is 27.4. The third kappa shape index (κ3) is 17.5. The highest BCUT2D eigenvalue weighted by Gasteiger charge is 2.18. The van der Waals surface area contributed by atoms with Crippen molar-refractivity contribution in [1.29, 1.82) is 0 Å². The quantitative estimate of drug-likeness (QED) is 0.189. The fourth-order valence-corrected chi connectivity index (χ4v) is 4.10. The molecule has 0 aromatic rings. The van der Waals surface area contributed by atoms with E-state index in [1.807, 2.05) is 0 Å². The molecule has 0 bridgehead atoms. The van der Waals surface area contributed by atoms with Gasteiger partial charge >= 0.3 is 5.97 Å². The summed E-state index contributed by atoms with van der Waals surface area (Å²) in [5.74, 6) is -0.639. The normalized spacial score (nSPS) is 12.6. The van der Waals surface area contributed by atoms with Gasteiger partial charge in [0.2, 0.25) is 0 Å². The smallest absolute Gasteiger partial charge is 0.303 e. The second kappa shape index (κ2) is 21.1. The molecule has 1 atom stereocenters. The van der Waals surface area contributed by atoms with Gasteiger partial charge in [0.15, 0.2) is 0 Å². The van der Waals surface area contributed by atoms with Crippen LogP contribution < -0.4 is 0 Å². The summed E-state index contributed by atoms with van der Waals surface area (Å²) < 4.78 is 0. The molecular weight excluding hydrogens is 346 g/mol. The highest BCUT2D eigenvalue weighted by atomic mass is 16.4. The number of hydrogen-bond acceptors (Lipinski definition) is 2. The molecule has 0 spiro atoms. The summed E-state index contributed by atoms with van der Waals surface area (Å²) in [4.78, 5) is 13.8. The SMILES string of the molecule is CCCCCCCCN(CCCCCCCC)C(CCCCC)CCC(=O)O. The number of aliphatic carboxylic acids is 1. The molecule has 0 radical (unpaired) electrons. The molecule has 3 nitrogen and oxygen atoms in total. The van der Waals surface area contributed by atoms with Gasteiger partial charge in [0.25, 0.3) is 0 Å². The van der Waals surface area contributed by atoms with Crippen molar-refractivity contribution in [3.63, 3.8) is 0 Å². The predicted octanol–water partition coefficient (Wildman–Crippen LogP) is 7.82. The van der Waals surface area contributed by atoms with Crippen molar-refractivity contribution in [3.8, 4) is 0 Å². The van der Waals surface area contributed by atoms with Gasteiger partial charge in [0, 0.05) is 12.5 Å². The van der Waals surface area contributed by atoms with Crippen LogP contribution in [0.25, 0.3) is 0 Å². The molecule has 3 heteroatoms. The van der Waals surface area contributed by atoms with Crippen molar-refractivity contribution in [2.24, 2.45) is 0 Å². The Balaban J connectivity index is 4.52. The summed E-state index contributed by atoms with van der Waals surface area (Å²) in [6.45, 7) is 9.11. The average Bonchev–Trinajstić information content (AvgIpc) is 2.68. The molecule has 0 rings (SSSR count). The molecule has 0 heterocycles. The third-order valence-corrected chi connectivity index (χ3v) is 5.95. The first-order chi connectivity index (χ1) is 13.7. The molecule has 0 fully saturated rings. The van der Waals surface area contributed by atoms with Crippen LogP contribution in [-0.4, -0.2) is 35.1 Å². The Labute approximate surface area is 176 Å². The fraction of sp³-hybridized carbons (Fsp3) is 0.960. The van der Waals surface area contributed by atoms with Crippen LogP contribution in [0.5, 0.6) is 0 Å². The van der Waals surface area contributed by atoms with E-state index in [2.05, 4.69) is 25.7 Å². The molecule has 0 saturated heterocycles. The van der Waals surface area contributed by atoms with Crippen LogP contribution in [0.15, 0.2) is 0 Å². The average molecular weight is 398 g/mol. The van der Waals surface area contributed by atoms with Crippen molar-refractivity contribution in [3.05, 3.63) is 0 Å². The number of carbonyl (C=O) groups is 1. The molecule has 0 aliphatic heterocycles. The minimum atomic E-state index is -0.639. The van der Waals surface area contributed by atoms with E-state index < -0.39 is 5.97 Å². The van der Waals surface area contributed by atoms with E-state index in [1.165, 1.54) is 103 Å². The topological polar surface area (TPSA) is 40.5 Å². The van der Waals surface area contributed by atoms with Crippen LogP contribution >= 0.6 is 0 Å². The predicted molar refractivity (Wildman–Crippen MR) is 123 cm³/mol. The third-order valence-electron chi connectivity index (χ3n) is 5.95. The Morgan fingerprint density at radius 1 is 0.643 bits per heavy atom. The monoisotopic (exact) mass is 397 g/mol. The summed E-state index contributed by atoms with van der Waals surface area (Å²) in [6, 6.07) is 0.467. The highest BCUT2D eigenvalue weighted by Crippen LogP contribution is 2.19. The molecule has 1 N–H and O–H groups in total. The Morgan fingerprint density at radius 2 is 1.07 bits per heavy atom. The second-order valence-electron chi connectivity index (χ2n) is 8.65. The van der Waals surface area contributed by atoms with Gasteiger partial charge in [-0.2, -0.15) is 0 Å². The highest BCUT2D eigenvalue weighted by molar-refractivity contribution is 5.66. The Bertz CT molecular complexity index is 317. The minimum Gasteiger partial charge on any atom is -0.481 e. The molecule has 0 aromatic heterocycles. The lowest BCUT2D eigenvalue weighted by atomic mass is 10.0. The molecule has 0 aliphatic rings. The Hall–Kier alpha value is -0.570. The van der Waals surface area contributed by atoms with Crippen LogP contribution in [0.2, 0.25) is 0 Å². The van der Waals surface area contributed by atoms with E-state index in [9.17, 15) is 9.90 Å². The molecule has 1 unspecified atom stereocenters. The fourth-order valence-electron chi connectivity index (χ4n) is 4.10. The van der Waals surface area contributed by atoms with Gasteiger partial charge in [0.05, 0.1) is 0 Å². The van der Waals surface area contributed by atoms with Crippen molar-refractivity contribution in [2.45, 2.75) is 142 Å². The lowest BCUT2D eigenvalue weighted by Gasteiger charge is -2.32. The van der Waals surface area contributed by atoms with Crippen molar-refractivity contribution in [2.75, 3.05) is 13.1 Å². The van der Waals surface area contributed by atoms with E-state index in [1.54, 1.807) is 0 Å². The van der Waals surface area contributed by atoms with Crippen molar-refractivity contribution >= 4 is 5.97 Å². The van der Waals surface area contributed by atoms with Gasteiger partial charge in [-0.25, -0.2) is 0 Å². The molecule has 28 heavy (non-hydrogen) atoms. The van der Waals surface area contributed by atoms with Crippen LogP contribution in [0.3, 0.4) is 0 Å². The lowest BCUT2D eigenvalue weighted by Crippen LogP contribution is -2.37. The summed E-state index contributed by atoms with van der Waals surface area (Å²) in [6.07, 6.45) is 22.0. The summed E-state index contributed by atoms with van der Waals surface area (Å²) in [5.41, 5.74) is 0. The van der Waals surface area contributed by atoms with E-state index in [0.29, 0.717) is 12.5 Å². The van der Waals surface area contributed by atoms with Crippen LogP contribution in [-0.2, 0) is 4.79 Å². The Kier molecular flexibility index (Phi) is 20.7. The lowest BCUT2D eigenvalue weighted by molar-refractivity contribution is -0.137. The zero-order valence-electron chi connectivity index (χ0n) is 19.5. The van der Waals surface area contributed by atoms with Gasteiger partial charge in [-0.1, -0.05) is 104 Å². The standard InChI is InChI=1S/C25H51NO2/c1-4-7-10-12-14-17-22-26(23-18-15-13-11-8-5-2)24(19-16-9-6-3)20-21-25(27)28/h24H,4-23H2,1-3H3,(H,27,28). The van der Waals surface area contributed by atoms with Crippen LogP contribution in [0.4, 0.5) is 0 Å². The van der Waals surface area contributed by atoms with Gasteiger partial charge in [0.1, 0.15) is 0 Å². The number of nitrogens with zero attached hydrogens (tertiary/aromatic N) is 1. The summed E-state index contributed by atoms with van der Waals surface area (Å²) in [5, 5.41) is 9.19. The first-order valence-corrected chi connectivity index (χ1v) is 12.6. The molecule has 0 aromatic carbocycles. The van der Waals surface area contributed by atoms with Gasteiger partial charge in [-0.3, -0.25) is 4.79 Å². The van der Waals surface area contributed by atoms with Gasteiger partial charge < -0.3 is 10.0 Å². The van der Waals surface area contributed by atoms with E-state index in [0.717, 1.165) is 19.5 Å². The first-order valence-electron chi connectivity index (χ1n) is 12.6. The van der Waals surface area contributed by atoms with Crippen molar-refractivity contribution < 1.29 is 9.90 Å². The Morgan fingerprint density at radius 3 is 1.54 bits per heavy atom. The molecule has 168 valence electrons. The number of hydrogen-bond donors (Lipinski definition) is 1. The molecule has 0 saturated carbocycles. The zero-order chi connectivity index (χ0) is 20.9. The van der Waals surface area contributed by atoms with Crippen LogP contribution in [0, 0.1) is 0 Å². The minimum absolute atomic E-state index is 0.320. The van der Waals surface area contributed by atoms with E-state index >= 15 is 0 Å². The maximum absolute atomic E-state index is 11.2. The zero-order valence-corrected chi connectivity index (χ0v) is 19.5. The van der Waals surface area contributed by atoms with Crippen molar-refractivity contribution in [1.82, 2.24) is 4.90 Å². The maximum atomic E-state index is 11.2. The van der Waals surface area contributed by atoms with E-state index in [4.69, 9.17) is 0 Å². The molecule has 0 aliphatic carbocycles. The number of rotatable bonds is 22. The van der Waals surface area contributed by atoms with Gasteiger partial charge in [-0.15, -0.1) is 0 Å². The van der Waals surface area contributed by atoms with Crippen LogP contribution in [0.1, 0.15) is 136 Å². The number of carboxylic acids is 1. The molecular formula is C25H51NO2. The maximum Gasteiger partial charge on any atom is 0.303 e. The summed E-state index contributed by atoms with van der Waals surface area (Å²) >= 11 is 0. The number of unbranched alkanes of at least 4 members (excludes halogenated alkanes) is 12. The largest absolute Gasteiger partial charge is 0.481 e.